The maximum atomic E-state index is 12.9. The van der Waals surface area contributed by atoms with Crippen LogP contribution in [0.2, 0.25) is 5.02 Å². The molecule has 2 rings (SSSR count). The zero-order chi connectivity index (χ0) is 22.3. The van der Waals surface area contributed by atoms with E-state index in [1.165, 1.54) is 36.2 Å². The number of rotatable bonds is 9. The van der Waals surface area contributed by atoms with Crippen LogP contribution in [0.5, 0.6) is 0 Å². The molecule has 1 unspecified atom stereocenters. The van der Waals surface area contributed by atoms with Gasteiger partial charge in [0, 0.05) is 24.3 Å². The molecule has 0 saturated heterocycles. The van der Waals surface area contributed by atoms with Crippen LogP contribution in [0.4, 0.5) is 5.69 Å². The van der Waals surface area contributed by atoms with E-state index in [1.807, 2.05) is 13.0 Å². The fourth-order valence-electron chi connectivity index (χ4n) is 2.84. The number of hydrogen-bond acceptors (Lipinski definition) is 4. The van der Waals surface area contributed by atoms with Crippen molar-refractivity contribution in [2.75, 3.05) is 25.5 Å². The summed E-state index contributed by atoms with van der Waals surface area (Å²) in [4.78, 5) is 26.9. The fraction of sp³-hybridized carbons (Fsp3) is 0.333. The van der Waals surface area contributed by atoms with Gasteiger partial charge in [-0.15, -0.1) is 0 Å². The number of nitrogens with one attached hydrogen (secondary N) is 1. The molecule has 1 N–H and O–H groups in total. The van der Waals surface area contributed by atoms with Gasteiger partial charge in [0.15, 0.2) is 0 Å². The maximum absolute atomic E-state index is 12.9. The minimum absolute atomic E-state index is 0.0408. The molecular weight excluding hydrogens is 426 g/mol. The summed E-state index contributed by atoms with van der Waals surface area (Å²) >= 11 is 5.82. The van der Waals surface area contributed by atoms with Crippen LogP contribution in [0.3, 0.4) is 0 Å². The lowest BCUT2D eigenvalue weighted by Crippen LogP contribution is -2.49. The molecule has 2 amide bonds. The number of nitrogens with zero attached hydrogens (tertiary/aromatic N) is 2. The van der Waals surface area contributed by atoms with E-state index in [0.717, 1.165) is 4.31 Å². The number of sulfonamides is 1. The minimum Gasteiger partial charge on any atom is -0.330 e. The number of benzene rings is 2. The number of carbonyl (C=O) groups is 2. The van der Waals surface area contributed by atoms with Crippen molar-refractivity contribution >= 4 is 39.1 Å². The Labute approximate surface area is 182 Å². The van der Waals surface area contributed by atoms with Crippen LogP contribution in [0.1, 0.15) is 20.3 Å². The first-order valence-corrected chi connectivity index (χ1v) is 11.4. The minimum atomic E-state index is -3.87. The Kier molecular flexibility index (Phi) is 8.40. The predicted molar refractivity (Wildman–Crippen MR) is 118 cm³/mol. The third-order valence-corrected chi connectivity index (χ3v) is 6.62. The monoisotopic (exact) mass is 451 g/mol. The first-order valence-electron chi connectivity index (χ1n) is 9.54. The highest BCUT2D eigenvalue weighted by atomic mass is 35.5. The van der Waals surface area contributed by atoms with Gasteiger partial charge in [-0.25, -0.2) is 8.42 Å². The molecule has 7 nitrogen and oxygen atoms in total. The van der Waals surface area contributed by atoms with Gasteiger partial charge in [0.1, 0.15) is 6.04 Å². The van der Waals surface area contributed by atoms with Crippen molar-refractivity contribution in [1.82, 2.24) is 9.21 Å². The second-order valence-corrected chi connectivity index (χ2v) is 9.31. The third-order valence-electron chi connectivity index (χ3n) is 4.55. The van der Waals surface area contributed by atoms with Crippen molar-refractivity contribution in [2.45, 2.75) is 31.2 Å². The highest BCUT2D eigenvalue weighted by Crippen LogP contribution is 2.18. The van der Waals surface area contributed by atoms with Gasteiger partial charge in [-0.2, -0.15) is 4.31 Å². The van der Waals surface area contributed by atoms with E-state index in [0.29, 0.717) is 23.7 Å². The van der Waals surface area contributed by atoms with Crippen molar-refractivity contribution in [1.29, 1.82) is 0 Å². The molecule has 0 aromatic heterocycles. The van der Waals surface area contributed by atoms with Gasteiger partial charge in [-0.05, 0) is 49.7 Å². The Balaban J connectivity index is 2.11. The molecule has 30 heavy (non-hydrogen) atoms. The van der Waals surface area contributed by atoms with Crippen LogP contribution in [0, 0.1) is 0 Å². The van der Waals surface area contributed by atoms with E-state index in [1.54, 1.807) is 31.2 Å². The lowest BCUT2D eigenvalue weighted by atomic mass is 10.2. The van der Waals surface area contributed by atoms with E-state index in [9.17, 15) is 18.0 Å². The second-order valence-electron chi connectivity index (χ2n) is 6.83. The molecule has 0 aliphatic carbocycles. The van der Waals surface area contributed by atoms with Crippen LogP contribution < -0.4 is 5.32 Å². The SMILES string of the molecule is CCCN(C(=O)CN(C)S(=O)(=O)c1ccc(Cl)cc1)C(C)C(=O)Nc1ccccc1. The Bertz CT molecular complexity index is 966. The zero-order valence-electron chi connectivity index (χ0n) is 17.2. The quantitative estimate of drug-likeness (QED) is 0.634. The van der Waals surface area contributed by atoms with Crippen molar-refractivity contribution in [3.05, 3.63) is 59.6 Å². The Morgan fingerprint density at radius 3 is 2.23 bits per heavy atom. The highest BCUT2D eigenvalue weighted by molar-refractivity contribution is 7.89. The van der Waals surface area contributed by atoms with Crippen LogP contribution in [0.15, 0.2) is 59.5 Å². The number of carbonyl (C=O) groups excluding carboxylic acids is 2. The van der Waals surface area contributed by atoms with Gasteiger partial charge in [-0.3, -0.25) is 9.59 Å². The van der Waals surface area contributed by atoms with Gasteiger partial charge in [-0.1, -0.05) is 36.7 Å². The number of amides is 2. The van der Waals surface area contributed by atoms with E-state index >= 15 is 0 Å². The summed E-state index contributed by atoms with van der Waals surface area (Å²) in [7, 11) is -2.53. The van der Waals surface area contributed by atoms with Gasteiger partial charge in [0.05, 0.1) is 11.4 Å². The molecule has 2 aromatic rings. The van der Waals surface area contributed by atoms with E-state index < -0.39 is 22.0 Å². The van der Waals surface area contributed by atoms with Crippen LogP contribution in [-0.4, -0.2) is 55.6 Å². The summed E-state index contributed by atoms with van der Waals surface area (Å²) in [5.74, 6) is -0.793. The first-order chi connectivity index (χ1) is 14.2. The third kappa shape index (κ3) is 6.04. The number of likely N-dealkylation sites (N-methyl/N-ethyl adjacent to an activating group) is 1. The highest BCUT2D eigenvalue weighted by Gasteiger charge is 2.29. The fourth-order valence-corrected chi connectivity index (χ4v) is 4.08. The molecule has 0 bridgehead atoms. The Morgan fingerprint density at radius 1 is 1.07 bits per heavy atom. The molecule has 0 aliphatic heterocycles. The smallest absolute Gasteiger partial charge is 0.246 e. The molecule has 0 spiro atoms. The summed E-state index contributed by atoms with van der Waals surface area (Å²) in [6.07, 6.45) is 0.627. The second kappa shape index (κ2) is 10.6. The van der Waals surface area contributed by atoms with E-state index in [-0.39, 0.29) is 17.3 Å². The Morgan fingerprint density at radius 2 is 1.67 bits per heavy atom. The summed E-state index contributed by atoms with van der Waals surface area (Å²) in [6, 6.07) is 13.9. The van der Waals surface area contributed by atoms with E-state index in [2.05, 4.69) is 5.32 Å². The van der Waals surface area contributed by atoms with E-state index in [4.69, 9.17) is 11.6 Å². The van der Waals surface area contributed by atoms with Gasteiger partial charge >= 0.3 is 0 Å². The first kappa shape index (κ1) is 23.9. The average Bonchev–Trinajstić information content (AvgIpc) is 2.72. The molecule has 0 heterocycles. The molecular formula is C21H26ClN3O4S. The topological polar surface area (TPSA) is 86.8 Å². The molecule has 2 aromatic carbocycles. The van der Waals surface area contributed by atoms with Crippen LogP contribution >= 0.6 is 11.6 Å². The average molecular weight is 452 g/mol. The predicted octanol–water partition coefficient (Wildman–Crippen LogP) is 3.23. The number of para-hydroxylation sites is 1. The van der Waals surface area contributed by atoms with Crippen LogP contribution in [0.25, 0.3) is 0 Å². The number of hydrogen-bond donors (Lipinski definition) is 1. The Hall–Kier alpha value is -2.42. The molecule has 0 saturated carbocycles. The largest absolute Gasteiger partial charge is 0.330 e. The van der Waals surface area contributed by atoms with Crippen molar-refractivity contribution in [3.63, 3.8) is 0 Å². The standard InChI is InChI=1S/C21H26ClN3O4S/c1-4-14-25(16(2)21(27)23-18-8-6-5-7-9-18)20(26)15-24(3)30(28,29)19-12-10-17(22)11-13-19/h5-13,16H,4,14-15H2,1-3H3,(H,23,27). The molecule has 1 atom stereocenters. The summed E-state index contributed by atoms with van der Waals surface area (Å²) < 4.78 is 26.4. The normalized spacial score (nSPS) is 12.4. The lowest BCUT2D eigenvalue weighted by Gasteiger charge is -2.29. The zero-order valence-corrected chi connectivity index (χ0v) is 18.8. The van der Waals surface area contributed by atoms with Gasteiger partial charge in [0.2, 0.25) is 21.8 Å². The van der Waals surface area contributed by atoms with Crippen LogP contribution in [-0.2, 0) is 19.6 Å². The number of halogens is 1. The summed E-state index contributed by atoms with van der Waals surface area (Å²) in [6.45, 7) is 3.46. The lowest BCUT2D eigenvalue weighted by molar-refractivity contribution is -0.138. The molecule has 0 radical (unpaired) electrons. The van der Waals surface area contributed by atoms with Gasteiger partial charge < -0.3 is 10.2 Å². The number of anilines is 1. The van der Waals surface area contributed by atoms with Gasteiger partial charge in [0.25, 0.3) is 0 Å². The van der Waals surface area contributed by atoms with Crippen molar-refractivity contribution in [2.24, 2.45) is 0 Å². The van der Waals surface area contributed by atoms with Crippen molar-refractivity contribution in [3.8, 4) is 0 Å². The maximum Gasteiger partial charge on any atom is 0.246 e. The molecule has 0 aliphatic rings. The van der Waals surface area contributed by atoms with Crippen molar-refractivity contribution < 1.29 is 18.0 Å². The molecule has 0 fully saturated rings. The molecule has 162 valence electrons. The summed E-state index contributed by atoms with van der Waals surface area (Å²) in [5.41, 5.74) is 0.626. The summed E-state index contributed by atoms with van der Waals surface area (Å²) in [5, 5.41) is 3.19. The molecule has 9 heteroatoms.